The van der Waals surface area contributed by atoms with E-state index >= 15 is 0 Å². The smallest absolute Gasteiger partial charge is 0.263 e. The molecule has 2 amide bonds. The second-order valence-corrected chi connectivity index (χ2v) is 9.46. The first kappa shape index (κ1) is 20.8. The van der Waals surface area contributed by atoms with Crippen LogP contribution in [0.4, 0.5) is 11.4 Å². The maximum atomic E-state index is 13.1. The van der Waals surface area contributed by atoms with Gasteiger partial charge in [-0.15, -0.1) is 11.3 Å². The van der Waals surface area contributed by atoms with Crippen LogP contribution in [0.2, 0.25) is 0 Å². The Kier molecular flexibility index (Phi) is 5.95. The molecule has 0 saturated carbocycles. The van der Waals surface area contributed by atoms with Crippen molar-refractivity contribution in [3.63, 3.8) is 0 Å². The van der Waals surface area contributed by atoms with Gasteiger partial charge in [0, 0.05) is 37.6 Å². The monoisotopic (exact) mass is 445 g/mol. The van der Waals surface area contributed by atoms with Gasteiger partial charge in [-0.3, -0.25) is 9.59 Å². The molecule has 1 aromatic heterocycles. The number of carbonyl (C=O) groups excluding carboxylic acids is 2. The van der Waals surface area contributed by atoms with Crippen LogP contribution in [-0.2, 0) is 17.8 Å². The summed E-state index contributed by atoms with van der Waals surface area (Å²) in [6.07, 6.45) is 2.71. The molecule has 164 valence electrons. The van der Waals surface area contributed by atoms with Gasteiger partial charge in [-0.05, 0) is 54.0 Å². The second-order valence-electron chi connectivity index (χ2n) is 8.51. The Bertz CT molecular complexity index is 1110. The Hall–Kier alpha value is -3.12. The molecule has 3 heterocycles. The number of nitrogens with one attached hydrogen (secondary N) is 1. The van der Waals surface area contributed by atoms with Crippen LogP contribution in [0, 0.1) is 5.92 Å². The van der Waals surface area contributed by atoms with E-state index in [9.17, 15) is 9.59 Å². The molecule has 2 aliphatic rings. The molecule has 2 aliphatic heterocycles. The fourth-order valence-electron chi connectivity index (χ4n) is 4.72. The lowest BCUT2D eigenvalue weighted by Gasteiger charge is -2.32. The van der Waals surface area contributed by atoms with Crippen molar-refractivity contribution in [1.29, 1.82) is 0 Å². The fraction of sp³-hybridized carbons (Fsp3) is 0.308. The van der Waals surface area contributed by atoms with Crippen LogP contribution in [0.3, 0.4) is 0 Å². The number of piperidine rings is 1. The highest BCUT2D eigenvalue weighted by Gasteiger charge is 2.30. The Balaban J connectivity index is 1.26. The van der Waals surface area contributed by atoms with Gasteiger partial charge in [-0.25, -0.2) is 0 Å². The normalized spacial score (nSPS) is 17.8. The number of hydrogen-bond acceptors (Lipinski definition) is 4. The molecular weight excluding hydrogens is 418 g/mol. The number of amides is 2. The summed E-state index contributed by atoms with van der Waals surface area (Å²) in [5.74, 6) is -0.151. The zero-order valence-corrected chi connectivity index (χ0v) is 18.8. The van der Waals surface area contributed by atoms with E-state index in [0.717, 1.165) is 48.5 Å². The number of benzene rings is 2. The van der Waals surface area contributed by atoms with Crippen molar-refractivity contribution in [3.8, 4) is 0 Å². The Labute approximate surface area is 192 Å². The maximum Gasteiger partial charge on any atom is 0.263 e. The van der Waals surface area contributed by atoms with Crippen molar-refractivity contribution in [2.45, 2.75) is 25.8 Å². The zero-order chi connectivity index (χ0) is 21.9. The molecule has 0 aliphatic carbocycles. The molecule has 3 aromatic rings. The number of rotatable bonds is 5. The third kappa shape index (κ3) is 4.28. The number of likely N-dealkylation sites (tertiary alicyclic amines) is 1. The van der Waals surface area contributed by atoms with Crippen molar-refractivity contribution >= 4 is 34.5 Å². The highest BCUT2D eigenvalue weighted by Crippen LogP contribution is 2.30. The zero-order valence-electron chi connectivity index (χ0n) is 18.0. The van der Waals surface area contributed by atoms with Crippen LogP contribution >= 0.6 is 11.3 Å². The van der Waals surface area contributed by atoms with Gasteiger partial charge in [0.15, 0.2) is 0 Å². The molecule has 0 bridgehead atoms. The topological polar surface area (TPSA) is 52.7 Å². The minimum atomic E-state index is -0.187. The highest BCUT2D eigenvalue weighted by atomic mass is 32.1. The second kappa shape index (κ2) is 9.17. The first-order valence-corrected chi connectivity index (χ1v) is 12.1. The predicted octanol–water partition coefficient (Wildman–Crippen LogP) is 4.80. The van der Waals surface area contributed by atoms with E-state index in [2.05, 4.69) is 40.5 Å². The lowest BCUT2D eigenvalue weighted by Crippen LogP contribution is -2.43. The molecule has 2 aromatic carbocycles. The van der Waals surface area contributed by atoms with Crippen molar-refractivity contribution in [2.24, 2.45) is 5.92 Å². The van der Waals surface area contributed by atoms with E-state index < -0.39 is 0 Å². The first-order chi connectivity index (χ1) is 15.7. The molecule has 32 heavy (non-hydrogen) atoms. The summed E-state index contributed by atoms with van der Waals surface area (Å²) in [5.41, 5.74) is 4.64. The molecule has 1 fully saturated rings. The summed E-state index contributed by atoms with van der Waals surface area (Å²) >= 11 is 1.45. The van der Waals surface area contributed by atoms with Crippen LogP contribution < -0.4 is 10.2 Å². The minimum absolute atomic E-state index is 0.00273. The molecule has 5 nitrogen and oxygen atoms in total. The van der Waals surface area contributed by atoms with Gasteiger partial charge in [0.1, 0.15) is 0 Å². The number of hydrogen-bond donors (Lipinski definition) is 1. The fourth-order valence-corrected chi connectivity index (χ4v) is 5.41. The molecule has 0 radical (unpaired) electrons. The van der Waals surface area contributed by atoms with Crippen molar-refractivity contribution in [3.05, 3.63) is 82.0 Å². The van der Waals surface area contributed by atoms with Gasteiger partial charge in [-0.1, -0.05) is 42.5 Å². The van der Waals surface area contributed by atoms with E-state index in [1.54, 1.807) is 0 Å². The van der Waals surface area contributed by atoms with E-state index in [4.69, 9.17) is 0 Å². The number of fused-ring (bicyclic) bond motifs is 1. The van der Waals surface area contributed by atoms with Crippen LogP contribution in [0.5, 0.6) is 0 Å². The average Bonchev–Trinajstić information content (AvgIpc) is 3.51. The number of para-hydroxylation sites is 2. The third-order valence-electron chi connectivity index (χ3n) is 6.43. The molecule has 1 N–H and O–H groups in total. The molecule has 1 saturated heterocycles. The number of thiophene rings is 1. The van der Waals surface area contributed by atoms with Gasteiger partial charge < -0.3 is 15.1 Å². The largest absolute Gasteiger partial charge is 0.367 e. The molecular formula is C26H27N3O2S. The Morgan fingerprint density at radius 2 is 1.84 bits per heavy atom. The summed E-state index contributed by atoms with van der Waals surface area (Å²) in [6, 6.07) is 20.3. The van der Waals surface area contributed by atoms with Crippen molar-refractivity contribution in [1.82, 2.24) is 4.90 Å². The summed E-state index contributed by atoms with van der Waals surface area (Å²) in [4.78, 5) is 30.8. The molecule has 5 rings (SSSR count). The quantitative estimate of drug-likeness (QED) is 0.614. The minimum Gasteiger partial charge on any atom is -0.367 e. The first-order valence-electron chi connectivity index (χ1n) is 11.2. The number of anilines is 2. The standard InChI is InChI=1S/C26H27N3O2S/c30-25(21-9-5-14-29(18-21)26(31)24-12-6-16-32-24)27-22-10-3-1-8-20(22)17-28-15-13-19-7-2-4-11-23(19)28/h1-4,6-8,10-12,16,21H,5,9,13-15,17-18H2,(H,27,30). The average molecular weight is 446 g/mol. The van der Waals surface area contributed by atoms with Gasteiger partial charge >= 0.3 is 0 Å². The summed E-state index contributed by atoms with van der Waals surface area (Å²) in [6.45, 7) is 2.95. The Morgan fingerprint density at radius 3 is 2.72 bits per heavy atom. The molecule has 6 heteroatoms. The molecule has 0 spiro atoms. The van der Waals surface area contributed by atoms with Crippen LogP contribution in [-0.4, -0.2) is 36.3 Å². The van der Waals surface area contributed by atoms with E-state index in [-0.39, 0.29) is 17.7 Å². The summed E-state index contributed by atoms with van der Waals surface area (Å²) in [5, 5.41) is 5.09. The lowest BCUT2D eigenvalue weighted by atomic mass is 9.96. The number of carbonyl (C=O) groups is 2. The third-order valence-corrected chi connectivity index (χ3v) is 7.29. The maximum absolute atomic E-state index is 13.1. The lowest BCUT2D eigenvalue weighted by molar-refractivity contribution is -0.121. The molecule has 1 atom stereocenters. The van der Waals surface area contributed by atoms with Crippen LogP contribution in [0.25, 0.3) is 0 Å². The highest BCUT2D eigenvalue weighted by molar-refractivity contribution is 7.12. The van der Waals surface area contributed by atoms with Gasteiger partial charge in [0.05, 0.1) is 10.8 Å². The van der Waals surface area contributed by atoms with Crippen molar-refractivity contribution in [2.75, 3.05) is 29.9 Å². The summed E-state index contributed by atoms with van der Waals surface area (Å²) < 4.78 is 0. The predicted molar refractivity (Wildman–Crippen MR) is 129 cm³/mol. The SMILES string of the molecule is O=C(Nc1ccccc1CN1CCc2ccccc21)C1CCCN(C(=O)c2cccs2)C1. The van der Waals surface area contributed by atoms with Gasteiger partial charge in [0.25, 0.3) is 5.91 Å². The van der Waals surface area contributed by atoms with Gasteiger partial charge in [0.2, 0.25) is 5.91 Å². The van der Waals surface area contributed by atoms with E-state index in [1.807, 2.05) is 40.6 Å². The van der Waals surface area contributed by atoms with E-state index in [0.29, 0.717) is 13.1 Å². The number of nitrogens with zero attached hydrogens (tertiary/aromatic N) is 2. The molecule has 1 unspecified atom stereocenters. The van der Waals surface area contributed by atoms with Crippen LogP contribution in [0.15, 0.2) is 66.0 Å². The van der Waals surface area contributed by atoms with Crippen LogP contribution in [0.1, 0.15) is 33.6 Å². The van der Waals surface area contributed by atoms with Gasteiger partial charge in [-0.2, -0.15) is 0 Å². The summed E-state index contributed by atoms with van der Waals surface area (Å²) in [7, 11) is 0. The Morgan fingerprint density at radius 1 is 1.00 bits per heavy atom. The van der Waals surface area contributed by atoms with Crippen molar-refractivity contribution < 1.29 is 9.59 Å². The van der Waals surface area contributed by atoms with E-state index in [1.165, 1.54) is 22.6 Å².